The van der Waals surface area contributed by atoms with E-state index in [-0.39, 0.29) is 24.6 Å². The van der Waals surface area contributed by atoms with Crippen LogP contribution in [0.15, 0.2) is 53.9 Å². The molecule has 2 aliphatic rings. The van der Waals surface area contributed by atoms with Crippen LogP contribution in [0.5, 0.6) is 0 Å². The maximum atomic E-state index is 14.4. The number of urea groups is 1. The molecular weight excluding hydrogens is 547 g/mol. The van der Waals surface area contributed by atoms with Crippen LogP contribution in [0.3, 0.4) is 0 Å². The van der Waals surface area contributed by atoms with Crippen molar-refractivity contribution in [3.8, 4) is 6.07 Å². The van der Waals surface area contributed by atoms with Crippen LogP contribution < -0.4 is 4.90 Å². The van der Waals surface area contributed by atoms with Gasteiger partial charge in [-0.15, -0.1) is 11.3 Å². The molecule has 0 saturated carbocycles. The summed E-state index contributed by atoms with van der Waals surface area (Å²) in [6.07, 6.45) is 0. The smallest absolute Gasteiger partial charge is 0.336 e. The number of thiophene rings is 1. The second-order valence-corrected chi connectivity index (χ2v) is 11.2. The quantitative estimate of drug-likeness (QED) is 0.396. The molecule has 2 aromatic carbocycles. The number of benzene rings is 2. The van der Waals surface area contributed by atoms with Crippen molar-refractivity contribution in [3.05, 3.63) is 85.5 Å². The number of hydrogen-bond donors (Lipinski definition) is 1. The van der Waals surface area contributed by atoms with Gasteiger partial charge in [-0.1, -0.05) is 35.3 Å². The van der Waals surface area contributed by atoms with E-state index in [9.17, 15) is 24.8 Å². The lowest BCUT2D eigenvalue weighted by Gasteiger charge is -2.35. The van der Waals surface area contributed by atoms with E-state index in [1.807, 2.05) is 19.1 Å². The van der Waals surface area contributed by atoms with Gasteiger partial charge in [0.1, 0.15) is 5.54 Å². The Morgan fingerprint density at radius 3 is 2.42 bits per heavy atom. The molecule has 0 radical (unpaired) electrons. The zero-order valence-corrected chi connectivity index (χ0v) is 22.6. The van der Waals surface area contributed by atoms with Crippen molar-refractivity contribution in [2.24, 2.45) is 0 Å². The molecule has 2 atom stereocenters. The number of carboxylic acid groups (broad SMARTS) is 1. The Kier molecular flexibility index (Phi) is 6.92. The number of amides is 3. The third-order valence-electron chi connectivity index (χ3n) is 7.10. The molecule has 0 unspecified atom stereocenters. The number of likely N-dealkylation sites (N-methyl/N-ethyl adjacent to an activating group) is 1. The summed E-state index contributed by atoms with van der Waals surface area (Å²) in [6, 6.07) is 15.0. The molecule has 11 heteroatoms. The first kappa shape index (κ1) is 26.2. The normalized spacial score (nSPS) is 21.5. The predicted octanol–water partition coefficient (Wildman–Crippen LogP) is 5.45. The molecule has 38 heavy (non-hydrogen) atoms. The van der Waals surface area contributed by atoms with Crippen LogP contribution >= 0.6 is 34.5 Å². The van der Waals surface area contributed by atoms with E-state index in [2.05, 4.69) is 11.0 Å². The molecule has 2 fully saturated rings. The molecule has 0 bridgehead atoms. The van der Waals surface area contributed by atoms with Crippen LogP contribution in [-0.4, -0.2) is 58.0 Å². The fraction of sp³-hybridized carbons (Fsp3) is 0.259. The van der Waals surface area contributed by atoms with Crippen LogP contribution in [-0.2, 0) is 11.3 Å². The van der Waals surface area contributed by atoms with Gasteiger partial charge < -0.3 is 10.0 Å². The summed E-state index contributed by atoms with van der Waals surface area (Å²) in [6.45, 7) is 3.25. The summed E-state index contributed by atoms with van der Waals surface area (Å²) in [5.41, 5.74) is 0.619. The van der Waals surface area contributed by atoms with Gasteiger partial charge in [0.2, 0.25) is 0 Å². The van der Waals surface area contributed by atoms with Crippen molar-refractivity contribution >= 4 is 58.1 Å². The highest BCUT2D eigenvalue weighted by Crippen LogP contribution is 2.47. The molecule has 5 rings (SSSR count). The number of halogens is 2. The highest BCUT2D eigenvalue weighted by atomic mass is 35.5. The molecule has 1 N–H and O–H groups in total. The number of likely N-dealkylation sites (tertiary alicyclic amines) is 1. The maximum Gasteiger partial charge on any atom is 0.336 e. The molecule has 8 nitrogen and oxygen atoms in total. The number of carbonyl (C=O) groups is 3. The number of imide groups is 1. The van der Waals surface area contributed by atoms with E-state index in [1.165, 1.54) is 17.4 Å². The topological polar surface area (TPSA) is 105 Å². The molecule has 1 spiro atoms. The van der Waals surface area contributed by atoms with Crippen LogP contribution in [0.2, 0.25) is 10.0 Å². The van der Waals surface area contributed by atoms with E-state index < -0.39 is 23.5 Å². The fourth-order valence-corrected chi connectivity index (χ4v) is 6.92. The second kappa shape index (κ2) is 10.0. The van der Waals surface area contributed by atoms with Gasteiger partial charge in [0.15, 0.2) is 0 Å². The van der Waals surface area contributed by atoms with Crippen molar-refractivity contribution in [1.29, 1.82) is 5.26 Å². The first-order chi connectivity index (χ1) is 18.2. The van der Waals surface area contributed by atoms with Crippen molar-refractivity contribution < 1.29 is 19.5 Å². The predicted molar refractivity (Wildman–Crippen MR) is 145 cm³/mol. The highest BCUT2D eigenvalue weighted by molar-refractivity contribution is 7.10. The summed E-state index contributed by atoms with van der Waals surface area (Å²) in [4.78, 5) is 45.2. The average Bonchev–Trinajstić information content (AvgIpc) is 3.55. The highest BCUT2D eigenvalue weighted by Gasteiger charge is 2.65. The van der Waals surface area contributed by atoms with Gasteiger partial charge in [-0.05, 0) is 48.9 Å². The van der Waals surface area contributed by atoms with Crippen LogP contribution in [0.1, 0.15) is 39.2 Å². The Bertz CT molecular complexity index is 1460. The lowest BCUT2D eigenvalue weighted by molar-refractivity contribution is -0.125. The van der Waals surface area contributed by atoms with E-state index in [0.717, 1.165) is 15.3 Å². The van der Waals surface area contributed by atoms with Crippen molar-refractivity contribution in [2.45, 2.75) is 24.9 Å². The number of rotatable bonds is 6. The fourth-order valence-electron chi connectivity index (χ4n) is 5.50. The van der Waals surface area contributed by atoms with Crippen LogP contribution in [0, 0.1) is 11.3 Å². The van der Waals surface area contributed by atoms with Gasteiger partial charge in [0, 0.05) is 52.4 Å². The molecular formula is C27H22Cl2N4O4S. The number of nitriles is 1. The van der Waals surface area contributed by atoms with Crippen molar-refractivity contribution in [1.82, 2.24) is 9.80 Å². The van der Waals surface area contributed by atoms with Gasteiger partial charge in [-0.2, -0.15) is 5.26 Å². The third-order valence-corrected chi connectivity index (χ3v) is 8.46. The number of nitrogens with zero attached hydrogens (tertiary/aromatic N) is 4. The largest absolute Gasteiger partial charge is 0.478 e. The molecule has 2 saturated heterocycles. The molecule has 1 aromatic heterocycles. The van der Waals surface area contributed by atoms with E-state index in [0.29, 0.717) is 34.4 Å². The summed E-state index contributed by atoms with van der Waals surface area (Å²) in [7, 11) is 0. The minimum absolute atomic E-state index is 0.217. The Morgan fingerprint density at radius 2 is 1.84 bits per heavy atom. The molecule has 194 valence electrons. The Morgan fingerprint density at radius 1 is 1.16 bits per heavy atom. The zero-order valence-electron chi connectivity index (χ0n) is 20.2. The maximum absolute atomic E-state index is 14.4. The first-order valence-electron chi connectivity index (χ1n) is 11.8. The minimum atomic E-state index is -1.22. The van der Waals surface area contributed by atoms with Gasteiger partial charge >= 0.3 is 12.0 Å². The van der Waals surface area contributed by atoms with Crippen molar-refractivity contribution in [3.63, 3.8) is 0 Å². The minimum Gasteiger partial charge on any atom is -0.478 e. The van der Waals surface area contributed by atoms with E-state index in [1.54, 1.807) is 40.6 Å². The summed E-state index contributed by atoms with van der Waals surface area (Å²) >= 11 is 13.8. The van der Waals surface area contributed by atoms with Crippen molar-refractivity contribution in [2.75, 3.05) is 24.5 Å². The Hall–Kier alpha value is -3.42. The summed E-state index contributed by atoms with van der Waals surface area (Å²) in [5.74, 6) is -1.77. The Balaban J connectivity index is 1.59. The third kappa shape index (κ3) is 4.33. The van der Waals surface area contributed by atoms with Gasteiger partial charge in [0.05, 0.1) is 22.9 Å². The van der Waals surface area contributed by atoms with E-state index >= 15 is 0 Å². The number of hydrogen-bond acceptors (Lipinski definition) is 6. The standard InChI is InChI=1S/C27H22Cl2N4O4S/c1-2-32-26(37)33(21-9-19(28)8-20(29)10-21)25(36)27(32)15-31(12-22-7-18(14-38-22)24(34)35)13-23(27)17-5-3-16(11-30)4-6-17/h3-10,14,23H,2,12-13,15H2,1H3,(H,34,35)/t23-,27-/m1/s1. The van der Waals surface area contributed by atoms with Gasteiger partial charge in [-0.3, -0.25) is 9.69 Å². The zero-order chi connectivity index (χ0) is 27.2. The van der Waals surface area contributed by atoms with E-state index in [4.69, 9.17) is 23.2 Å². The number of carboxylic acids is 1. The second-order valence-electron chi connectivity index (χ2n) is 9.28. The molecule has 3 amide bonds. The summed E-state index contributed by atoms with van der Waals surface area (Å²) in [5, 5.41) is 20.8. The SMILES string of the molecule is CCN1C(=O)N(c2cc(Cl)cc(Cl)c2)C(=O)[C@]12CN(Cc1cc(C(=O)O)cs1)C[C@@H]2c1ccc(C#N)cc1. The van der Waals surface area contributed by atoms with Crippen LogP contribution in [0.4, 0.5) is 10.5 Å². The van der Waals surface area contributed by atoms with Gasteiger partial charge in [-0.25, -0.2) is 14.5 Å². The lowest BCUT2D eigenvalue weighted by atomic mass is 9.80. The monoisotopic (exact) mass is 568 g/mol. The molecule has 2 aliphatic heterocycles. The van der Waals surface area contributed by atoms with Crippen LogP contribution in [0.25, 0.3) is 0 Å². The first-order valence-corrected chi connectivity index (χ1v) is 13.5. The average molecular weight is 569 g/mol. The Labute approximate surface area is 233 Å². The number of aromatic carboxylic acids is 1. The molecule has 3 heterocycles. The number of anilines is 1. The molecule has 3 aromatic rings. The molecule has 0 aliphatic carbocycles. The number of carbonyl (C=O) groups excluding carboxylic acids is 2. The summed E-state index contributed by atoms with van der Waals surface area (Å²) < 4.78 is 0. The lowest BCUT2D eigenvalue weighted by Crippen LogP contribution is -2.55. The van der Waals surface area contributed by atoms with Gasteiger partial charge in [0.25, 0.3) is 5.91 Å².